The van der Waals surface area contributed by atoms with Gasteiger partial charge in [-0.1, -0.05) is 18.2 Å². The molecule has 0 aliphatic carbocycles. The summed E-state index contributed by atoms with van der Waals surface area (Å²) in [6.07, 6.45) is 0.0770. The van der Waals surface area contributed by atoms with Crippen LogP contribution >= 0.6 is 11.8 Å². The van der Waals surface area contributed by atoms with Crippen molar-refractivity contribution in [3.05, 3.63) is 39.9 Å². The number of aliphatic carboxylic acids is 1. The Labute approximate surface area is 120 Å². The van der Waals surface area contributed by atoms with E-state index in [2.05, 4.69) is 0 Å². The van der Waals surface area contributed by atoms with E-state index in [9.17, 15) is 14.9 Å². The summed E-state index contributed by atoms with van der Waals surface area (Å²) >= 11 is 1.73. The van der Waals surface area contributed by atoms with E-state index in [0.717, 1.165) is 18.1 Å². The Balaban J connectivity index is 2.14. The first-order valence-electron chi connectivity index (χ1n) is 6.34. The van der Waals surface area contributed by atoms with Gasteiger partial charge in [-0.15, -0.1) is 0 Å². The van der Waals surface area contributed by atoms with Crippen LogP contribution in [0.5, 0.6) is 0 Å². The molecule has 1 aliphatic rings. The molecule has 1 aliphatic heterocycles. The maximum Gasteiger partial charge on any atom is 0.304 e. The Morgan fingerprint density at radius 2 is 2.25 bits per heavy atom. The van der Waals surface area contributed by atoms with Gasteiger partial charge in [-0.25, -0.2) is 0 Å². The van der Waals surface area contributed by atoms with Gasteiger partial charge in [0.05, 0.1) is 11.3 Å². The fraction of sp³-hybridized carbons (Fsp3) is 0.462. The lowest BCUT2D eigenvalue weighted by molar-refractivity contribution is -0.385. The lowest BCUT2D eigenvalue weighted by Crippen LogP contribution is -2.43. The SMILES string of the molecule is O=C(O)CC1CSCCN1Cc1ccccc1[N+](=O)[O-]. The Kier molecular flexibility index (Phi) is 4.97. The summed E-state index contributed by atoms with van der Waals surface area (Å²) < 4.78 is 0. The molecule has 1 saturated heterocycles. The van der Waals surface area contributed by atoms with E-state index in [-0.39, 0.29) is 23.1 Å². The van der Waals surface area contributed by atoms with Crippen molar-refractivity contribution in [1.29, 1.82) is 0 Å². The quantitative estimate of drug-likeness (QED) is 0.661. The first-order valence-corrected chi connectivity index (χ1v) is 7.49. The Hall–Kier alpha value is -1.60. The van der Waals surface area contributed by atoms with Gasteiger partial charge in [0, 0.05) is 42.3 Å². The number of nitro benzene ring substituents is 1. The molecule has 7 heteroatoms. The van der Waals surface area contributed by atoms with E-state index >= 15 is 0 Å². The highest BCUT2D eigenvalue weighted by Crippen LogP contribution is 2.25. The third-order valence-electron chi connectivity index (χ3n) is 3.32. The second kappa shape index (κ2) is 6.71. The van der Waals surface area contributed by atoms with E-state index in [0.29, 0.717) is 12.1 Å². The molecule has 1 unspecified atom stereocenters. The highest BCUT2D eigenvalue weighted by molar-refractivity contribution is 7.99. The fourth-order valence-electron chi connectivity index (χ4n) is 2.33. The van der Waals surface area contributed by atoms with Crippen molar-refractivity contribution in [3.8, 4) is 0 Å². The molecule has 1 aromatic carbocycles. The number of nitro groups is 1. The number of rotatable bonds is 5. The molecule has 1 fully saturated rings. The third kappa shape index (κ3) is 3.71. The minimum Gasteiger partial charge on any atom is -0.481 e. The molecule has 0 amide bonds. The highest BCUT2D eigenvalue weighted by atomic mass is 32.2. The van der Waals surface area contributed by atoms with Crippen molar-refractivity contribution in [1.82, 2.24) is 4.90 Å². The van der Waals surface area contributed by atoms with E-state index in [4.69, 9.17) is 5.11 Å². The Bertz CT molecular complexity index is 509. The number of hydrogen-bond donors (Lipinski definition) is 1. The Morgan fingerprint density at radius 3 is 2.95 bits per heavy atom. The number of thioether (sulfide) groups is 1. The molecule has 0 saturated carbocycles. The van der Waals surface area contributed by atoms with Crippen LogP contribution in [0.25, 0.3) is 0 Å². The summed E-state index contributed by atoms with van der Waals surface area (Å²) in [7, 11) is 0. The van der Waals surface area contributed by atoms with E-state index in [1.54, 1.807) is 30.0 Å². The van der Waals surface area contributed by atoms with E-state index < -0.39 is 5.97 Å². The molecule has 1 N–H and O–H groups in total. The van der Waals surface area contributed by atoms with Crippen LogP contribution < -0.4 is 0 Å². The molecular weight excluding hydrogens is 280 g/mol. The van der Waals surface area contributed by atoms with Gasteiger partial charge in [0.2, 0.25) is 0 Å². The summed E-state index contributed by atoms with van der Waals surface area (Å²) in [4.78, 5) is 23.6. The lowest BCUT2D eigenvalue weighted by atomic mass is 10.1. The van der Waals surface area contributed by atoms with Gasteiger partial charge in [0.25, 0.3) is 5.69 Å². The first kappa shape index (κ1) is 14.8. The predicted octanol–water partition coefficient (Wildman–Crippen LogP) is 1.99. The number of hydrogen-bond acceptors (Lipinski definition) is 5. The zero-order valence-electron chi connectivity index (χ0n) is 10.9. The number of carboxylic acids is 1. The minimum atomic E-state index is -0.829. The van der Waals surface area contributed by atoms with Gasteiger partial charge in [-0.05, 0) is 0 Å². The molecule has 2 rings (SSSR count). The first-order chi connectivity index (χ1) is 9.58. The smallest absolute Gasteiger partial charge is 0.304 e. The molecule has 0 radical (unpaired) electrons. The van der Waals surface area contributed by atoms with Crippen LogP contribution in [0, 0.1) is 10.1 Å². The van der Waals surface area contributed by atoms with Crippen molar-refractivity contribution >= 4 is 23.4 Å². The maximum absolute atomic E-state index is 11.0. The zero-order chi connectivity index (χ0) is 14.5. The number of benzene rings is 1. The number of carboxylic acid groups (broad SMARTS) is 1. The molecule has 20 heavy (non-hydrogen) atoms. The van der Waals surface area contributed by atoms with Crippen LogP contribution in [0.3, 0.4) is 0 Å². The molecule has 0 bridgehead atoms. The second-order valence-electron chi connectivity index (χ2n) is 4.68. The van der Waals surface area contributed by atoms with Crippen LogP contribution in [0.2, 0.25) is 0 Å². The van der Waals surface area contributed by atoms with Crippen LogP contribution in [0.15, 0.2) is 24.3 Å². The standard InChI is InChI=1S/C13H16N2O4S/c16-13(17)7-11-9-20-6-5-14(11)8-10-3-1-2-4-12(10)15(18)19/h1-4,11H,5-9H2,(H,16,17). The summed E-state index contributed by atoms with van der Waals surface area (Å²) in [6.45, 7) is 1.18. The van der Waals surface area contributed by atoms with Crippen molar-refractivity contribution in [2.45, 2.75) is 19.0 Å². The third-order valence-corrected chi connectivity index (χ3v) is 4.41. The van der Waals surface area contributed by atoms with Crippen molar-refractivity contribution in [2.24, 2.45) is 0 Å². The molecular formula is C13H16N2O4S. The molecule has 1 heterocycles. The molecule has 1 atom stereocenters. The second-order valence-corrected chi connectivity index (χ2v) is 5.83. The fourth-order valence-corrected chi connectivity index (χ4v) is 3.46. The molecule has 0 spiro atoms. The maximum atomic E-state index is 11.0. The van der Waals surface area contributed by atoms with Gasteiger partial charge < -0.3 is 5.11 Å². The summed E-state index contributed by atoms with van der Waals surface area (Å²) in [6, 6.07) is 6.57. The van der Waals surface area contributed by atoms with Gasteiger partial charge >= 0.3 is 5.97 Å². The highest BCUT2D eigenvalue weighted by Gasteiger charge is 2.26. The zero-order valence-corrected chi connectivity index (χ0v) is 11.7. The number of nitrogens with zero attached hydrogens (tertiary/aromatic N) is 2. The lowest BCUT2D eigenvalue weighted by Gasteiger charge is -2.34. The Morgan fingerprint density at radius 1 is 1.50 bits per heavy atom. The van der Waals surface area contributed by atoms with Crippen molar-refractivity contribution < 1.29 is 14.8 Å². The topological polar surface area (TPSA) is 83.7 Å². The van der Waals surface area contributed by atoms with Crippen LogP contribution in [-0.2, 0) is 11.3 Å². The molecule has 6 nitrogen and oxygen atoms in total. The molecule has 0 aromatic heterocycles. The van der Waals surface area contributed by atoms with E-state index in [1.807, 2.05) is 4.90 Å². The van der Waals surface area contributed by atoms with Crippen molar-refractivity contribution in [3.63, 3.8) is 0 Å². The van der Waals surface area contributed by atoms with Gasteiger partial charge in [0.1, 0.15) is 0 Å². The van der Waals surface area contributed by atoms with Crippen LogP contribution in [0.1, 0.15) is 12.0 Å². The van der Waals surface area contributed by atoms with Gasteiger partial charge in [-0.2, -0.15) is 11.8 Å². The van der Waals surface area contributed by atoms with E-state index in [1.165, 1.54) is 6.07 Å². The van der Waals surface area contributed by atoms with Crippen molar-refractivity contribution in [2.75, 3.05) is 18.1 Å². The summed E-state index contributed by atoms with van der Waals surface area (Å²) in [5, 5.41) is 20.0. The summed E-state index contributed by atoms with van der Waals surface area (Å²) in [5.41, 5.74) is 0.736. The molecule has 1 aromatic rings. The van der Waals surface area contributed by atoms with Gasteiger partial charge in [-0.3, -0.25) is 19.8 Å². The van der Waals surface area contributed by atoms with Crippen LogP contribution in [0.4, 0.5) is 5.69 Å². The van der Waals surface area contributed by atoms with Gasteiger partial charge in [0.15, 0.2) is 0 Å². The normalized spacial score (nSPS) is 19.7. The molecule has 108 valence electrons. The number of carbonyl (C=O) groups is 1. The minimum absolute atomic E-state index is 0.0638. The number of para-hydroxylation sites is 1. The summed E-state index contributed by atoms with van der Waals surface area (Å²) in [5.74, 6) is 0.856. The average molecular weight is 296 g/mol. The van der Waals surface area contributed by atoms with Crippen LogP contribution in [-0.4, -0.2) is 45.0 Å². The predicted molar refractivity (Wildman–Crippen MR) is 76.9 cm³/mol. The average Bonchev–Trinajstić information content (AvgIpc) is 2.41. The monoisotopic (exact) mass is 296 g/mol. The largest absolute Gasteiger partial charge is 0.481 e.